The molecular weight excluding hydrogens is 256 g/mol. The monoisotopic (exact) mass is 274 g/mol. The standard InChI is InChI=1S/C15H18N2O3/c1-4-11-20-15-7-5-14(6-8-15)9-10-17(19)16-12(2)13(3)18/h1,5-10,12-13,18H,11H2,2-3H3/b10-9+,17-16?. The van der Waals surface area contributed by atoms with Crippen molar-refractivity contribution < 1.29 is 14.7 Å². The molecule has 0 bridgehead atoms. The maximum absolute atomic E-state index is 11.4. The van der Waals surface area contributed by atoms with Crippen LogP contribution >= 0.6 is 0 Å². The van der Waals surface area contributed by atoms with Crippen LogP contribution in [0, 0.1) is 17.6 Å². The minimum absolute atomic E-state index is 0.222. The summed E-state index contributed by atoms with van der Waals surface area (Å²) in [4.78, 5) is 0.445. The average Bonchev–Trinajstić information content (AvgIpc) is 2.43. The Labute approximate surface area is 118 Å². The van der Waals surface area contributed by atoms with Crippen molar-refractivity contribution >= 4 is 6.08 Å². The first-order valence-corrected chi connectivity index (χ1v) is 6.22. The quantitative estimate of drug-likeness (QED) is 0.375. The minimum atomic E-state index is -0.660. The number of aliphatic hydroxyl groups excluding tert-OH is 1. The van der Waals surface area contributed by atoms with Gasteiger partial charge in [-0.3, -0.25) is 0 Å². The van der Waals surface area contributed by atoms with Gasteiger partial charge in [0.05, 0.1) is 6.10 Å². The molecule has 5 nitrogen and oxygen atoms in total. The van der Waals surface area contributed by atoms with E-state index in [1.165, 1.54) is 6.20 Å². The third kappa shape index (κ3) is 5.55. The molecule has 0 aliphatic rings. The Hall–Kier alpha value is -2.32. The van der Waals surface area contributed by atoms with E-state index in [2.05, 4.69) is 11.0 Å². The number of terminal acetylenes is 1. The highest BCUT2D eigenvalue weighted by Gasteiger charge is 2.10. The highest BCUT2D eigenvalue weighted by Crippen LogP contribution is 2.13. The molecule has 0 radical (unpaired) electrons. The smallest absolute Gasteiger partial charge is 0.210 e. The molecule has 20 heavy (non-hydrogen) atoms. The molecule has 0 aliphatic carbocycles. The molecule has 0 aromatic heterocycles. The summed E-state index contributed by atoms with van der Waals surface area (Å²) in [6.07, 6.45) is 7.34. The van der Waals surface area contributed by atoms with Gasteiger partial charge in [-0.25, -0.2) is 0 Å². The zero-order valence-electron chi connectivity index (χ0n) is 11.6. The van der Waals surface area contributed by atoms with Gasteiger partial charge in [0.2, 0.25) is 6.20 Å². The van der Waals surface area contributed by atoms with Crippen LogP contribution in [-0.4, -0.2) is 28.7 Å². The normalized spacial score (nSPS) is 14.8. The van der Waals surface area contributed by atoms with Crippen molar-refractivity contribution in [3.8, 4) is 18.1 Å². The van der Waals surface area contributed by atoms with Gasteiger partial charge in [0.1, 0.15) is 18.4 Å². The third-order valence-electron chi connectivity index (χ3n) is 2.59. The first kappa shape index (κ1) is 15.7. The molecule has 2 atom stereocenters. The average molecular weight is 274 g/mol. The van der Waals surface area contributed by atoms with Crippen LogP contribution in [0.15, 0.2) is 35.6 Å². The van der Waals surface area contributed by atoms with E-state index in [1.54, 1.807) is 44.2 Å². The Balaban J connectivity index is 2.64. The van der Waals surface area contributed by atoms with Crippen LogP contribution in [0.4, 0.5) is 0 Å². The largest absolute Gasteiger partial charge is 0.595 e. The van der Waals surface area contributed by atoms with Gasteiger partial charge >= 0.3 is 0 Å². The summed E-state index contributed by atoms with van der Waals surface area (Å²) in [6.45, 7) is 3.47. The predicted octanol–water partition coefficient (Wildman–Crippen LogP) is 2.40. The second-order valence-electron chi connectivity index (χ2n) is 4.28. The fraction of sp³-hybridized carbons (Fsp3) is 0.333. The summed E-state index contributed by atoms with van der Waals surface area (Å²) in [5.74, 6) is 3.05. The lowest BCUT2D eigenvalue weighted by molar-refractivity contribution is -0.462. The fourth-order valence-electron chi connectivity index (χ4n) is 1.26. The van der Waals surface area contributed by atoms with Crippen LogP contribution < -0.4 is 4.74 Å². The van der Waals surface area contributed by atoms with Crippen molar-refractivity contribution in [3.05, 3.63) is 41.2 Å². The SMILES string of the molecule is C#CCOc1ccc(/C=C/[N+]([O-])=NC(C)C(C)O)cc1. The van der Waals surface area contributed by atoms with Gasteiger partial charge in [0.25, 0.3) is 0 Å². The van der Waals surface area contributed by atoms with Crippen molar-refractivity contribution in [2.75, 3.05) is 6.61 Å². The molecule has 1 rings (SSSR count). The van der Waals surface area contributed by atoms with Crippen molar-refractivity contribution in [3.63, 3.8) is 0 Å². The maximum atomic E-state index is 11.4. The molecule has 0 amide bonds. The molecule has 106 valence electrons. The Kier molecular flexibility index (Phi) is 6.27. The molecule has 0 heterocycles. The minimum Gasteiger partial charge on any atom is -0.595 e. The molecule has 0 spiro atoms. The summed E-state index contributed by atoms with van der Waals surface area (Å²) < 4.78 is 5.24. The zero-order valence-corrected chi connectivity index (χ0v) is 11.6. The van der Waals surface area contributed by atoms with Gasteiger partial charge in [0, 0.05) is 6.08 Å². The lowest BCUT2D eigenvalue weighted by Gasteiger charge is -2.05. The molecule has 0 fully saturated rings. The first-order chi connectivity index (χ1) is 9.52. The van der Waals surface area contributed by atoms with E-state index in [0.29, 0.717) is 10.6 Å². The molecule has 2 unspecified atom stereocenters. The number of rotatable bonds is 6. The number of ether oxygens (including phenoxy) is 1. The van der Waals surface area contributed by atoms with E-state index < -0.39 is 12.1 Å². The van der Waals surface area contributed by atoms with E-state index >= 15 is 0 Å². The Bertz CT molecular complexity index is 513. The zero-order chi connectivity index (χ0) is 15.0. The second-order valence-corrected chi connectivity index (χ2v) is 4.28. The number of aliphatic hydroxyl groups is 1. The second kappa shape index (κ2) is 7.97. The predicted molar refractivity (Wildman–Crippen MR) is 77.0 cm³/mol. The number of hydroxylamine groups is 1. The Morgan fingerprint density at radius 2 is 2.10 bits per heavy atom. The molecule has 0 saturated heterocycles. The fourth-order valence-corrected chi connectivity index (χ4v) is 1.26. The highest BCUT2D eigenvalue weighted by molar-refractivity contribution is 5.49. The van der Waals surface area contributed by atoms with E-state index in [-0.39, 0.29) is 6.61 Å². The van der Waals surface area contributed by atoms with Crippen molar-refractivity contribution in [2.45, 2.75) is 26.0 Å². The number of nitrogens with zero attached hydrogens (tertiary/aromatic N) is 2. The molecule has 0 aliphatic heterocycles. The van der Waals surface area contributed by atoms with E-state index in [1.807, 2.05) is 0 Å². The van der Waals surface area contributed by atoms with Crippen LogP contribution in [-0.2, 0) is 0 Å². The van der Waals surface area contributed by atoms with Gasteiger partial charge in [-0.1, -0.05) is 22.9 Å². The van der Waals surface area contributed by atoms with Crippen LogP contribution in [0.2, 0.25) is 0 Å². The summed E-state index contributed by atoms with van der Waals surface area (Å²) >= 11 is 0. The van der Waals surface area contributed by atoms with E-state index in [4.69, 9.17) is 11.2 Å². The molecule has 1 N–H and O–H groups in total. The molecular formula is C15H18N2O3. The van der Waals surface area contributed by atoms with Gasteiger partial charge in [-0.15, -0.1) is 6.42 Å². The lowest BCUT2D eigenvalue weighted by atomic mass is 10.2. The molecule has 5 heteroatoms. The number of hydrogen-bond donors (Lipinski definition) is 1. The van der Waals surface area contributed by atoms with Crippen LogP contribution in [0.1, 0.15) is 19.4 Å². The van der Waals surface area contributed by atoms with Gasteiger partial charge in [-0.2, -0.15) is 0 Å². The molecule has 0 saturated carbocycles. The van der Waals surface area contributed by atoms with Crippen molar-refractivity contribution in [1.82, 2.24) is 0 Å². The van der Waals surface area contributed by atoms with Crippen molar-refractivity contribution in [1.29, 1.82) is 0 Å². The summed E-state index contributed by atoms with van der Waals surface area (Å²) in [7, 11) is 0. The van der Waals surface area contributed by atoms with E-state index in [0.717, 1.165) is 5.56 Å². The third-order valence-corrected chi connectivity index (χ3v) is 2.59. The number of benzene rings is 1. The van der Waals surface area contributed by atoms with Crippen LogP contribution in [0.3, 0.4) is 0 Å². The lowest BCUT2D eigenvalue weighted by Crippen LogP contribution is -2.18. The van der Waals surface area contributed by atoms with Gasteiger partial charge < -0.3 is 15.1 Å². The number of azo groups is 1. The Morgan fingerprint density at radius 1 is 1.45 bits per heavy atom. The van der Waals surface area contributed by atoms with E-state index in [9.17, 15) is 10.3 Å². The molecule has 1 aromatic rings. The summed E-state index contributed by atoms with van der Waals surface area (Å²) in [6, 6.07) is 6.68. The molecule has 1 aromatic carbocycles. The van der Waals surface area contributed by atoms with Crippen LogP contribution in [0.25, 0.3) is 6.08 Å². The first-order valence-electron chi connectivity index (χ1n) is 6.22. The summed E-state index contributed by atoms with van der Waals surface area (Å²) in [5, 5.41) is 24.4. The number of hydrogen-bond acceptors (Lipinski definition) is 4. The van der Waals surface area contributed by atoms with Crippen molar-refractivity contribution in [2.24, 2.45) is 5.11 Å². The van der Waals surface area contributed by atoms with Gasteiger partial charge in [-0.05, 0) is 36.7 Å². The summed E-state index contributed by atoms with van der Waals surface area (Å²) in [5.41, 5.74) is 0.832. The maximum Gasteiger partial charge on any atom is 0.210 e. The highest BCUT2D eigenvalue weighted by atomic mass is 16.5. The van der Waals surface area contributed by atoms with Gasteiger partial charge in [0.15, 0.2) is 0 Å². The Morgan fingerprint density at radius 3 is 2.65 bits per heavy atom. The van der Waals surface area contributed by atoms with Crippen LogP contribution in [0.5, 0.6) is 5.75 Å². The topological polar surface area (TPSA) is 67.9 Å².